The van der Waals surface area contributed by atoms with Crippen LogP contribution in [0.4, 0.5) is 5.95 Å². The summed E-state index contributed by atoms with van der Waals surface area (Å²) in [5, 5.41) is 7.88. The number of hydrogen-bond donors (Lipinski definition) is 1. The Balaban J connectivity index is 2.26. The number of hydrogen-bond acceptors (Lipinski definition) is 5. The maximum absolute atomic E-state index is 4.35. The molecule has 2 rings (SSSR count). The lowest BCUT2D eigenvalue weighted by atomic mass is 10.7. The van der Waals surface area contributed by atoms with E-state index in [4.69, 9.17) is 0 Å². The van der Waals surface area contributed by atoms with Crippen LogP contribution in [-0.4, -0.2) is 26.8 Å². The Hall–Kier alpha value is -1.08. The lowest BCUT2D eigenvalue weighted by Crippen LogP contribution is -1.96. The van der Waals surface area contributed by atoms with Gasteiger partial charge in [-0.25, -0.2) is 9.97 Å². The normalized spacial score (nSPS) is 10.4. The molecule has 0 aromatic carbocycles. The maximum atomic E-state index is 4.35. The van der Waals surface area contributed by atoms with Gasteiger partial charge in [-0.05, 0) is 15.9 Å². The third-order valence-corrected chi connectivity index (χ3v) is 3.63. The molecule has 0 saturated heterocycles. The molecule has 0 atom stereocenters. The highest BCUT2D eigenvalue weighted by molar-refractivity contribution is 9.10. The van der Waals surface area contributed by atoms with Crippen molar-refractivity contribution in [1.29, 1.82) is 0 Å². The first kappa shape index (κ1) is 11.4. The van der Waals surface area contributed by atoms with E-state index in [1.807, 2.05) is 13.2 Å². The third kappa shape index (κ3) is 2.53. The highest BCUT2D eigenvalue weighted by atomic mass is 79.9. The van der Waals surface area contributed by atoms with Crippen LogP contribution < -0.4 is 5.32 Å². The van der Waals surface area contributed by atoms with Gasteiger partial charge in [0.05, 0.1) is 15.6 Å². The maximum Gasteiger partial charge on any atom is 0.223 e. The van der Waals surface area contributed by atoms with Gasteiger partial charge in [0.25, 0.3) is 0 Å². The minimum absolute atomic E-state index is 0.606. The molecule has 7 heteroatoms. The smallest absolute Gasteiger partial charge is 0.223 e. The molecule has 5 nitrogen and oxygen atoms in total. The van der Waals surface area contributed by atoms with Crippen LogP contribution in [0.5, 0.6) is 0 Å². The number of rotatable bonds is 3. The van der Waals surface area contributed by atoms with Crippen LogP contribution in [0, 0.1) is 0 Å². The summed E-state index contributed by atoms with van der Waals surface area (Å²) in [6.07, 6.45) is 5.48. The van der Waals surface area contributed by atoms with Crippen molar-refractivity contribution in [3.63, 3.8) is 0 Å². The van der Waals surface area contributed by atoms with Crippen LogP contribution in [0.25, 0.3) is 0 Å². The zero-order chi connectivity index (χ0) is 11.5. The van der Waals surface area contributed by atoms with Crippen molar-refractivity contribution in [3.05, 3.63) is 23.1 Å². The average molecular weight is 300 g/mol. The van der Waals surface area contributed by atoms with E-state index in [-0.39, 0.29) is 0 Å². The fourth-order valence-corrected chi connectivity index (χ4v) is 2.35. The fourth-order valence-electron chi connectivity index (χ4n) is 1.11. The molecule has 1 N–H and O–H groups in total. The summed E-state index contributed by atoms with van der Waals surface area (Å²) >= 11 is 4.97. The standard InChI is InChI=1S/C9H10BrN5S/c1-11-9-12-4-7(10)8(14-9)16-6-3-13-15(2)5-6/h3-5H,1-2H3,(H,11,12,14). The van der Waals surface area contributed by atoms with E-state index >= 15 is 0 Å². The molecular weight excluding hydrogens is 290 g/mol. The van der Waals surface area contributed by atoms with Crippen molar-refractivity contribution in [3.8, 4) is 0 Å². The molecule has 16 heavy (non-hydrogen) atoms. The summed E-state index contributed by atoms with van der Waals surface area (Å²) in [6, 6.07) is 0. The molecule has 0 saturated carbocycles. The first-order chi connectivity index (χ1) is 7.69. The molecule has 0 amide bonds. The topological polar surface area (TPSA) is 55.6 Å². The third-order valence-electron chi connectivity index (χ3n) is 1.83. The van der Waals surface area contributed by atoms with Crippen molar-refractivity contribution in [2.75, 3.05) is 12.4 Å². The van der Waals surface area contributed by atoms with E-state index in [1.165, 1.54) is 0 Å². The van der Waals surface area contributed by atoms with E-state index in [0.29, 0.717) is 5.95 Å². The van der Waals surface area contributed by atoms with Crippen molar-refractivity contribution in [2.24, 2.45) is 7.05 Å². The highest BCUT2D eigenvalue weighted by Crippen LogP contribution is 2.31. The number of nitrogens with one attached hydrogen (secondary N) is 1. The summed E-state index contributed by atoms with van der Waals surface area (Å²) in [6.45, 7) is 0. The molecular formula is C9H10BrN5S. The zero-order valence-corrected chi connectivity index (χ0v) is 11.2. The molecule has 2 heterocycles. The fraction of sp³-hybridized carbons (Fsp3) is 0.222. The van der Waals surface area contributed by atoms with Crippen molar-refractivity contribution >= 4 is 33.6 Å². The van der Waals surface area contributed by atoms with Crippen molar-refractivity contribution < 1.29 is 0 Å². The minimum Gasteiger partial charge on any atom is -0.357 e. The number of anilines is 1. The van der Waals surface area contributed by atoms with Gasteiger partial charge in [0.15, 0.2) is 0 Å². The summed E-state index contributed by atoms with van der Waals surface area (Å²) in [5.74, 6) is 0.606. The Kier molecular flexibility index (Phi) is 3.45. The second kappa shape index (κ2) is 4.84. The van der Waals surface area contributed by atoms with E-state index < -0.39 is 0 Å². The largest absolute Gasteiger partial charge is 0.357 e. The van der Waals surface area contributed by atoms with Crippen LogP contribution >= 0.6 is 27.7 Å². The van der Waals surface area contributed by atoms with Gasteiger partial charge in [-0.15, -0.1) is 0 Å². The number of aryl methyl sites for hydroxylation is 1. The van der Waals surface area contributed by atoms with Gasteiger partial charge in [-0.1, -0.05) is 11.8 Å². The van der Waals surface area contributed by atoms with Crippen LogP contribution in [0.1, 0.15) is 0 Å². The highest BCUT2D eigenvalue weighted by Gasteiger charge is 2.07. The monoisotopic (exact) mass is 299 g/mol. The minimum atomic E-state index is 0.606. The van der Waals surface area contributed by atoms with Gasteiger partial charge in [-0.3, -0.25) is 4.68 Å². The van der Waals surface area contributed by atoms with E-state index in [2.05, 4.69) is 36.3 Å². The summed E-state index contributed by atoms with van der Waals surface area (Å²) in [4.78, 5) is 9.50. The average Bonchev–Trinajstić information content (AvgIpc) is 2.67. The Morgan fingerprint density at radius 1 is 1.44 bits per heavy atom. The molecule has 0 fully saturated rings. The number of halogens is 1. The molecule has 84 valence electrons. The molecule has 0 radical (unpaired) electrons. The number of nitrogens with zero attached hydrogens (tertiary/aromatic N) is 4. The van der Waals surface area contributed by atoms with E-state index in [0.717, 1.165) is 14.4 Å². The zero-order valence-electron chi connectivity index (χ0n) is 8.81. The molecule has 0 unspecified atom stereocenters. The summed E-state index contributed by atoms with van der Waals surface area (Å²) < 4.78 is 2.64. The SMILES string of the molecule is CNc1ncc(Br)c(Sc2cnn(C)c2)n1. The predicted octanol–water partition coefficient (Wildman–Crippen LogP) is 2.17. The van der Waals surface area contributed by atoms with Crippen molar-refractivity contribution in [2.45, 2.75) is 9.92 Å². The molecule has 0 spiro atoms. The van der Waals surface area contributed by atoms with Gasteiger partial charge >= 0.3 is 0 Å². The molecule has 0 bridgehead atoms. The Morgan fingerprint density at radius 2 is 2.25 bits per heavy atom. The summed E-state index contributed by atoms with van der Waals surface area (Å²) in [5.41, 5.74) is 0. The van der Waals surface area contributed by atoms with Gasteiger partial charge in [-0.2, -0.15) is 5.10 Å². The first-order valence-corrected chi connectivity index (χ1v) is 6.17. The van der Waals surface area contributed by atoms with Crippen LogP contribution in [0.15, 0.2) is 33.0 Å². The lowest BCUT2D eigenvalue weighted by molar-refractivity contribution is 0.766. The second-order valence-corrected chi connectivity index (χ2v) is 4.97. The Labute approximate surface area is 106 Å². The first-order valence-electron chi connectivity index (χ1n) is 4.56. The molecule has 0 aliphatic rings. The van der Waals surface area contributed by atoms with Crippen molar-refractivity contribution in [1.82, 2.24) is 19.7 Å². The number of aromatic nitrogens is 4. The van der Waals surface area contributed by atoms with Crippen LogP contribution in [0.2, 0.25) is 0 Å². The van der Waals surface area contributed by atoms with E-state index in [9.17, 15) is 0 Å². The van der Waals surface area contributed by atoms with Crippen LogP contribution in [-0.2, 0) is 7.05 Å². The Morgan fingerprint density at radius 3 is 2.88 bits per heavy atom. The van der Waals surface area contributed by atoms with Gasteiger partial charge in [0.1, 0.15) is 5.03 Å². The van der Waals surface area contributed by atoms with Crippen LogP contribution in [0.3, 0.4) is 0 Å². The predicted molar refractivity (Wildman–Crippen MR) is 66.6 cm³/mol. The molecule has 2 aromatic rings. The van der Waals surface area contributed by atoms with Gasteiger partial charge in [0, 0.05) is 26.5 Å². The van der Waals surface area contributed by atoms with E-state index in [1.54, 1.807) is 35.9 Å². The van der Waals surface area contributed by atoms with Gasteiger partial charge in [0.2, 0.25) is 5.95 Å². The molecule has 2 aromatic heterocycles. The summed E-state index contributed by atoms with van der Waals surface area (Å²) in [7, 11) is 3.68. The molecule has 0 aliphatic heterocycles. The Bertz CT molecular complexity index is 498. The second-order valence-electron chi connectivity index (χ2n) is 3.05. The van der Waals surface area contributed by atoms with Gasteiger partial charge < -0.3 is 5.32 Å². The lowest BCUT2D eigenvalue weighted by Gasteiger charge is -2.03. The quantitative estimate of drug-likeness (QED) is 0.880. The molecule has 0 aliphatic carbocycles.